The van der Waals surface area contributed by atoms with E-state index in [1.54, 1.807) is 0 Å². The van der Waals surface area contributed by atoms with Crippen molar-refractivity contribution in [3.05, 3.63) is 35.9 Å². The number of nitrogens with one attached hydrogen (secondary N) is 1. The molecule has 2 fully saturated rings. The lowest BCUT2D eigenvalue weighted by molar-refractivity contribution is -0.163. The van der Waals surface area contributed by atoms with Gasteiger partial charge in [-0.25, -0.2) is 0 Å². The van der Waals surface area contributed by atoms with E-state index < -0.39 is 5.41 Å². The van der Waals surface area contributed by atoms with E-state index in [0.717, 1.165) is 51.0 Å². The van der Waals surface area contributed by atoms with Crippen molar-refractivity contribution < 1.29 is 9.53 Å². The maximum Gasteiger partial charge on any atom is 0.316 e. The highest BCUT2D eigenvalue weighted by Gasteiger charge is 2.44. The fraction of sp³-hybridized carbons (Fsp3) is 0.632. The van der Waals surface area contributed by atoms with Gasteiger partial charge in [-0.15, -0.1) is 0 Å². The van der Waals surface area contributed by atoms with Crippen LogP contribution < -0.4 is 5.32 Å². The van der Waals surface area contributed by atoms with Gasteiger partial charge in [0.05, 0.1) is 5.41 Å². The largest absolute Gasteiger partial charge is 0.460 e. The number of esters is 1. The summed E-state index contributed by atoms with van der Waals surface area (Å²) < 4.78 is 6.06. The van der Waals surface area contributed by atoms with Gasteiger partial charge in [0, 0.05) is 6.54 Å². The monoisotopic (exact) mass is 316 g/mol. The van der Waals surface area contributed by atoms with Crippen LogP contribution in [0.2, 0.25) is 0 Å². The number of nitrogens with zero attached hydrogens (tertiary/aromatic N) is 1. The van der Waals surface area contributed by atoms with Gasteiger partial charge in [-0.2, -0.15) is 0 Å². The van der Waals surface area contributed by atoms with Crippen molar-refractivity contribution in [1.29, 1.82) is 0 Å². The molecule has 2 heterocycles. The Bertz CT molecular complexity index is 525. The summed E-state index contributed by atoms with van der Waals surface area (Å²) in [4.78, 5) is 15.4. The number of benzene rings is 1. The van der Waals surface area contributed by atoms with Crippen molar-refractivity contribution in [2.24, 2.45) is 5.92 Å². The number of likely N-dealkylation sites (N-methyl/N-ethyl adjacent to an activating group) is 1. The quantitative estimate of drug-likeness (QED) is 0.868. The molecule has 0 radical (unpaired) electrons. The van der Waals surface area contributed by atoms with Crippen LogP contribution in [0.4, 0.5) is 0 Å². The first-order chi connectivity index (χ1) is 11.1. The lowest BCUT2D eigenvalue weighted by Gasteiger charge is -2.40. The fourth-order valence-electron chi connectivity index (χ4n) is 3.81. The van der Waals surface area contributed by atoms with Crippen LogP contribution >= 0.6 is 0 Å². The number of ether oxygens (including phenoxy) is 1. The molecular formula is C19H28N2O2. The Morgan fingerprint density at radius 1 is 1.26 bits per heavy atom. The summed E-state index contributed by atoms with van der Waals surface area (Å²) in [5.74, 6) is 0.405. The Hall–Kier alpha value is -1.39. The predicted octanol–water partition coefficient (Wildman–Crippen LogP) is 2.19. The molecule has 2 aliphatic heterocycles. The van der Waals surface area contributed by atoms with Crippen molar-refractivity contribution >= 4 is 5.97 Å². The third kappa shape index (κ3) is 3.43. The second-order valence-corrected chi connectivity index (χ2v) is 7.17. The van der Waals surface area contributed by atoms with Crippen LogP contribution in [-0.4, -0.2) is 50.2 Å². The minimum atomic E-state index is -0.484. The van der Waals surface area contributed by atoms with Crippen LogP contribution in [0.1, 0.15) is 31.7 Å². The van der Waals surface area contributed by atoms with Crippen LogP contribution in [0.5, 0.6) is 0 Å². The maximum atomic E-state index is 13.2. The first-order valence-electron chi connectivity index (χ1n) is 8.78. The van der Waals surface area contributed by atoms with E-state index in [2.05, 4.69) is 36.3 Å². The average molecular weight is 316 g/mol. The Balaban J connectivity index is 1.81. The van der Waals surface area contributed by atoms with Gasteiger partial charge in [-0.1, -0.05) is 37.3 Å². The van der Waals surface area contributed by atoms with Crippen molar-refractivity contribution in [1.82, 2.24) is 10.2 Å². The second kappa shape index (κ2) is 7.02. The Kier molecular flexibility index (Phi) is 5.02. The zero-order valence-electron chi connectivity index (χ0n) is 14.3. The van der Waals surface area contributed by atoms with Gasteiger partial charge in [-0.05, 0) is 57.4 Å². The summed E-state index contributed by atoms with van der Waals surface area (Å²) in [7, 11) is 2.10. The summed E-state index contributed by atoms with van der Waals surface area (Å²) in [6.45, 7) is 5.86. The molecule has 0 spiro atoms. The third-order valence-electron chi connectivity index (χ3n) is 5.53. The molecule has 1 unspecified atom stereocenters. The molecule has 2 saturated heterocycles. The van der Waals surface area contributed by atoms with E-state index in [1.165, 1.54) is 0 Å². The van der Waals surface area contributed by atoms with Gasteiger partial charge < -0.3 is 15.0 Å². The SMILES string of the molecule is CC1CCN(C)C[C@@H]1OC(=O)C1(c2ccccc2)CCNCC1. The number of rotatable bonds is 3. The highest BCUT2D eigenvalue weighted by Crippen LogP contribution is 2.36. The average Bonchev–Trinajstić information content (AvgIpc) is 2.59. The number of carbonyl (C=O) groups is 1. The van der Waals surface area contributed by atoms with E-state index in [1.807, 2.05) is 18.2 Å². The van der Waals surface area contributed by atoms with Gasteiger partial charge in [0.1, 0.15) is 6.10 Å². The summed E-state index contributed by atoms with van der Waals surface area (Å²) >= 11 is 0. The molecule has 1 aromatic rings. The normalized spacial score (nSPS) is 28.3. The standard InChI is InChI=1S/C19H28N2O2/c1-15-8-13-21(2)14-17(15)23-18(22)19(9-11-20-12-10-19)16-6-4-3-5-7-16/h3-7,15,17,20H,8-14H2,1-2H3/t15?,17-/m0/s1. The first-order valence-corrected chi connectivity index (χ1v) is 8.78. The second-order valence-electron chi connectivity index (χ2n) is 7.17. The molecule has 4 heteroatoms. The molecule has 1 N–H and O–H groups in total. The smallest absolute Gasteiger partial charge is 0.316 e. The number of likely N-dealkylation sites (tertiary alicyclic amines) is 1. The van der Waals surface area contributed by atoms with Crippen LogP contribution in [0.25, 0.3) is 0 Å². The van der Waals surface area contributed by atoms with E-state index in [0.29, 0.717) is 5.92 Å². The fourth-order valence-corrected chi connectivity index (χ4v) is 3.81. The minimum Gasteiger partial charge on any atom is -0.460 e. The number of hydrogen-bond acceptors (Lipinski definition) is 4. The summed E-state index contributed by atoms with van der Waals surface area (Å²) in [6, 6.07) is 10.2. The maximum absolute atomic E-state index is 13.2. The molecule has 0 amide bonds. The lowest BCUT2D eigenvalue weighted by atomic mass is 9.73. The van der Waals surface area contributed by atoms with Gasteiger partial charge in [0.2, 0.25) is 0 Å². The van der Waals surface area contributed by atoms with Crippen molar-refractivity contribution in [2.45, 2.75) is 37.7 Å². The van der Waals surface area contributed by atoms with Crippen molar-refractivity contribution in [2.75, 3.05) is 33.2 Å². The number of hydrogen-bond donors (Lipinski definition) is 1. The van der Waals surface area contributed by atoms with E-state index in [9.17, 15) is 4.79 Å². The predicted molar refractivity (Wildman–Crippen MR) is 91.4 cm³/mol. The van der Waals surface area contributed by atoms with Crippen molar-refractivity contribution in [3.8, 4) is 0 Å². The van der Waals surface area contributed by atoms with Gasteiger partial charge in [-0.3, -0.25) is 4.79 Å². The van der Waals surface area contributed by atoms with Crippen LogP contribution in [-0.2, 0) is 14.9 Å². The Morgan fingerprint density at radius 3 is 2.65 bits per heavy atom. The molecule has 0 bridgehead atoms. The van der Waals surface area contributed by atoms with Crippen LogP contribution in [0.15, 0.2) is 30.3 Å². The third-order valence-corrected chi connectivity index (χ3v) is 5.53. The molecule has 126 valence electrons. The molecule has 0 aliphatic carbocycles. The van der Waals surface area contributed by atoms with Crippen molar-refractivity contribution in [3.63, 3.8) is 0 Å². The highest BCUT2D eigenvalue weighted by molar-refractivity contribution is 5.83. The lowest BCUT2D eigenvalue weighted by Crippen LogP contribution is -2.50. The zero-order valence-corrected chi connectivity index (χ0v) is 14.3. The van der Waals surface area contributed by atoms with Gasteiger partial charge in [0.25, 0.3) is 0 Å². The molecular weight excluding hydrogens is 288 g/mol. The molecule has 4 nitrogen and oxygen atoms in total. The first kappa shape index (κ1) is 16.5. The molecule has 2 atom stereocenters. The highest BCUT2D eigenvalue weighted by atomic mass is 16.5. The molecule has 0 saturated carbocycles. The Morgan fingerprint density at radius 2 is 1.96 bits per heavy atom. The molecule has 3 rings (SSSR count). The zero-order chi connectivity index (χ0) is 16.3. The summed E-state index contributed by atoms with van der Waals surface area (Å²) in [6.07, 6.45) is 2.73. The molecule has 1 aromatic carbocycles. The van der Waals surface area contributed by atoms with Crippen LogP contribution in [0.3, 0.4) is 0 Å². The summed E-state index contributed by atoms with van der Waals surface area (Å²) in [5, 5.41) is 3.37. The van der Waals surface area contributed by atoms with Crippen LogP contribution in [0, 0.1) is 5.92 Å². The topological polar surface area (TPSA) is 41.6 Å². The van der Waals surface area contributed by atoms with E-state index in [4.69, 9.17) is 4.74 Å². The van der Waals surface area contributed by atoms with E-state index >= 15 is 0 Å². The van der Waals surface area contributed by atoms with Gasteiger partial charge >= 0.3 is 5.97 Å². The number of piperidine rings is 2. The van der Waals surface area contributed by atoms with Gasteiger partial charge in [0.15, 0.2) is 0 Å². The molecule has 2 aliphatic rings. The molecule has 0 aromatic heterocycles. The minimum absolute atomic E-state index is 0.0109. The molecule has 23 heavy (non-hydrogen) atoms. The summed E-state index contributed by atoms with van der Waals surface area (Å²) in [5.41, 5.74) is 0.616. The Labute approximate surface area is 139 Å². The van der Waals surface area contributed by atoms with E-state index in [-0.39, 0.29) is 12.1 Å². The number of carbonyl (C=O) groups excluding carboxylic acids is 1.